The Morgan fingerprint density at radius 3 is 3.00 bits per heavy atom. The first-order valence-corrected chi connectivity index (χ1v) is 5.50. The number of nitro groups is 1. The molecule has 2 rings (SSSR count). The molecule has 1 aromatic rings. The van der Waals surface area contributed by atoms with Gasteiger partial charge in [0.25, 0.3) is 5.69 Å². The lowest BCUT2D eigenvalue weighted by molar-refractivity contribution is -0.384. The Morgan fingerprint density at radius 1 is 1.47 bits per heavy atom. The Morgan fingerprint density at radius 2 is 2.24 bits per heavy atom. The van der Waals surface area contributed by atoms with E-state index in [1.165, 1.54) is 6.07 Å². The lowest BCUT2D eigenvalue weighted by Crippen LogP contribution is -2.38. The minimum Gasteiger partial charge on any atom is -0.378 e. The van der Waals surface area contributed by atoms with Crippen LogP contribution >= 0.6 is 0 Å². The normalized spacial score (nSPS) is 21.0. The van der Waals surface area contributed by atoms with E-state index in [1.807, 2.05) is 4.90 Å². The van der Waals surface area contributed by atoms with Crippen LogP contribution in [0.15, 0.2) is 24.3 Å². The van der Waals surface area contributed by atoms with Crippen molar-refractivity contribution >= 4 is 11.4 Å². The summed E-state index contributed by atoms with van der Waals surface area (Å²) in [6, 6.07) is 6.59. The van der Waals surface area contributed by atoms with Crippen molar-refractivity contribution in [2.24, 2.45) is 5.73 Å². The van der Waals surface area contributed by atoms with Crippen LogP contribution in [0.1, 0.15) is 0 Å². The standard InChI is InChI=1S/C11H15N3O3/c12-9-7-13(5-6-17-8-9)10-3-1-2-4-11(10)14(15)16/h1-4,9H,5-8,12H2. The molecule has 6 heteroatoms. The predicted octanol–water partition coefficient (Wildman–Crippen LogP) is 0.759. The van der Waals surface area contributed by atoms with Gasteiger partial charge >= 0.3 is 0 Å². The fourth-order valence-electron chi connectivity index (χ4n) is 1.94. The van der Waals surface area contributed by atoms with Crippen LogP contribution in [0.25, 0.3) is 0 Å². The van der Waals surface area contributed by atoms with Crippen molar-refractivity contribution in [3.8, 4) is 0 Å². The summed E-state index contributed by atoms with van der Waals surface area (Å²) in [7, 11) is 0. The van der Waals surface area contributed by atoms with E-state index in [-0.39, 0.29) is 16.7 Å². The molecule has 1 heterocycles. The van der Waals surface area contributed by atoms with Gasteiger partial charge in [-0.3, -0.25) is 10.1 Å². The molecule has 0 bridgehead atoms. The SMILES string of the molecule is NC1COCCN(c2ccccc2[N+](=O)[O-])C1. The topological polar surface area (TPSA) is 81.6 Å². The molecule has 1 aliphatic rings. The third-order valence-electron chi connectivity index (χ3n) is 2.71. The maximum Gasteiger partial charge on any atom is 0.292 e. The van der Waals surface area contributed by atoms with E-state index >= 15 is 0 Å². The first kappa shape index (κ1) is 11.8. The van der Waals surface area contributed by atoms with Gasteiger partial charge in [0.05, 0.1) is 18.1 Å². The Bertz CT molecular complexity index is 411. The Kier molecular flexibility index (Phi) is 3.55. The number of nitrogens with zero attached hydrogens (tertiary/aromatic N) is 2. The molecule has 1 aromatic carbocycles. The minimum atomic E-state index is -0.368. The van der Waals surface area contributed by atoms with Crippen molar-refractivity contribution in [2.75, 3.05) is 31.2 Å². The number of ether oxygens (including phenoxy) is 1. The zero-order valence-electron chi connectivity index (χ0n) is 9.41. The number of benzene rings is 1. The van der Waals surface area contributed by atoms with Crippen LogP contribution in [0.3, 0.4) is 0 Å². The highest BCUT2D eigenvalue weighted by Gasteiger charge is 2.22. The number of nitrogens with two attached hydrogens (primary N) is 1. The van der Waals surface area contributed by atoms with Crippen LogP contribution < -0.4 is 10.6 Å². The fourth-order valence-corrected chi connectivity index (χ4v) is 1.94. The molecule has 1 atom stereocenters. The third-order valence-corrected chi connectivity index (χ3v) is 2.71. The summed E-state index contributed by atoms with van der Waals surface area (Å²) in [5, 5.41) is 10.9. The molecule has 92 valence electrons. The van der Waals surface area contributed by atoms with Gasteiger partial charge in [-0.15, -0.1) is 0 Å². The summed E-state index contributed by atoms with van der Waals surface area (Å²) in [4.78, 5) is 12.5. The van der Waals surface area contributed by atoms with Crippen LogP contribution in [0.4, 0.5) is 11.4 Å². The van der Waals surface area contributed by atoms with Crippen molar-refractivity contribution in [3.63, 3.8) is 0 Å². The van der Waals surface area contributed by atoms with E-state index in [0.717, 1.165) is 0 Å². The van der Waals surface area contributed by atoms with Gasteiger partial charge in [-0.25, -0.2) is 0 Å². The van der Waals surface area contributed by atoms with E-state index in [9.17, 15) is 10.1 Å². The van der Waals surface area contributed by atoms with Crippen molar-refractivity contribution in [2.45, 2.75) is 6.04 Å². The predicted molar refractivity (Wildman–Crippen MR) is 64.1 cm³/mol. The lowest BCUT2D eigenvalue weighted by Gasteiger charge is -2.23. The average Bonchev–Trinajstić information content (AvgIpc) is 2.54. The maximum absolute atomic E-state index is 10.9. The highest BCUT2D eigenvalue weighted by molar-refractivity contribution is 5.63. The minimum absolute atomic E-state index is 0.113. The van der Waals surface area contributed by atoms with Gasteiger partial charge in [0.2, 0.25) is 0 Å². The summed E-state index contributed by atoms with van der Waals surface area (Å²) in [6.07, 6.45) is 0. The van der Waals surface area contributed by atoms with E-state index < -0.39 is 0 Å². The number of hydrogen-bond acceptors (Lipinski definition) is 5. The Hall–Kier alpha value is -1.66. The molecule has 0 aliphatic carbocycles. The van der Waals surface area contributed by atoms with Crippen LogP contribution in [0.5, 0.6) is 0 Å². The molecule has 1 aliphatic heterocycles. The van der Waals surface area contributed by atoms with Gasteiger partial charge in [0.15, 0.2) is 0 Å². The molecular formula is C11H15N3O3. The second-order valence-corrected chi connectivity index (χ2v) is 4.03. The highest BCUT2D eigenvalue weighted by Crippen LogP contribution is 2.27. The Labute approximate surface area is 99.1 Å². The number of rotatable bonds is 2. The van der Waals surface area contributed by atoms with Gasteiger partial charge in [-0.2, -0.15) is 0 Å². The van der Waals surface area contributed by atoms with Crippen LogP contribution in [-0.2, 0) is 4.74 Å². The van der Waals surface area contributed by atoms with Crippen molar-refractivity contribution < 1.29 is 9.66 Å². The van der Waals surface area contributed by atoms with Crippen LogP contribution in [0, 0.1) is 10.1 Å². The number of hydrogen-bond donors (Lipinski definition) is 1. The maximum atomic E-state index is 10.9. The van der Waals surface area contributed by atoms with Crippen molar-refractivity contribution in [1.29, 1.82) is 0 Å². The zero-order valence-corrected chi connectivity index (χ0v) is 9.41. The van der Waals surface area contributed by atoms with E-state index in [1.54, 1.807) is 18.2 Å². The zero-order chi connectivity index (χ0) is 12.3. The van der Waals surface area contributed by atoms with Gasteiger partial charge in [0, 0.05) is 25.2 Å². The largest absolute Gasteiger partial charge is 0.378 e. The van der Waals surface area contributed by atoms with Crippen molar-refractivity contribution in [3.05, 3.63) is 34.4 Å². The number of anilines is 1. The molecule has 1 fully saturated rings. The number of para-hydroxylation sites is 2. The van der Waals surface area contributed by atoms with E-state index in [4.69, 9.17) is 10.5 Å². The molecule has 0 saturated carbocycles. The summed E-state index contributed by atoms with van der Waals surface area (Å²) in [5.74, 6) is 0. The summed E-state index contributed by atoms with van der Waals surface area (Å²) in [5.41, 5.74) is 6.57. The monoisotopic (exact) mass is 237 g/mol. The second-order valence-electron chi connectivity index (χ2n) is 4.03. The van der Waals surface area contributed by atoms with Crippen LogP contribution in [-0.4, -0.2) is 37.3 Å². The van der Waals surface area contributed by atoms with Gasteiger partial charge in [0.1, 0.15) is 5.69 Å². The van der Waals surface area contributed by atoms with E-state index in [2.05, 4.69) is 0 Å². The Balaban J connectivity index is 2.28. The third kappa shape index (κ3) is 2.72. The molecule has 0 radical (unpaired) electrons. The van der Waals surface area contributed by atoms with Crippen molar-refractivity contribution in [1.82, 2.24) is 0 Å². The molecule has 2 N–H and O–H groups in total. The van der Waals surface area contributed by atoms with Gasteiger partial charge in [-0.05, 0) is 6.07 Å². The highest BCUT2D eigenvalue weighted by atomic mass is 16.6. The quantitative estimate of drug-likeness (QED) is 0.606. The fraction of sp³-hybridized carbons (Fsp3) is 0.455. The molecule has 17 heavy (non-hydrogen) atoms. The van der Waals surface area contributed by atoms with Gasteiger partial charge in [-0.1, -0.05) is 12.1 Å². The van der Waals surface area contributed by atoms with Crippen LogP contribution in [0.2, 0.25) is 0 Å². The molecule has 0 spiro atoms. The van der Waals surface area contributed by atoms with Gasteiger partial charge < -0.3 is 15.4 Å². The molecule has 0 amide bonds. The molecular weight excluding hydrogens is 222 g/mol. The lowest BCUT2D eigenvalue weighted by atomic mass is 10.2. The van der Waals surface area contributed by atoms with E-state index in [0.29, 0.717) is 32.0 Å². The average molecular weight is 237 g/mol. The number of nitro benzene ring substituents is 1. The first-order chi connectivity index (χ1) is 8.18. The molecule has 0 aromatic heterocycles. The summed E-state index contributed by atoms with van der Waals surface area (Å²) >= 11 is 0. The second kappa shape index (κ2) is 5.11. The molecule has 6 nitrogen and oxygen atoms in total. The summed E-state index contributed by atoms with van der Waals surface area (Å²) in [6.45, 7) is 2.24. The molecule has 1 saturated heterocycles. The summed E-state index contributed by atoms with van der Waals surface area (Å²) < 4.78 is 5.32. The molecule has 1 unspecified atom stereocenters. The first-order valence-electron chi connectivity index (χ1n) is 5.50. The smallest absolute Gasteiger partial charge is 0.292 e.